The molecule has 96 valence electrons. The summed E-state index contributed by atoms with van der Waals surface area (Å²) >= 11 is 3.26. The molecule has 0 radical (unpaired) electrons. The lowest BCUT2D eigenvalue weighted by Crippen LogP contribution is -2.46. The fourth-order valence-electron chi connectivity index (χ4n) is 1.73. The molecule has 1 aromatic heterocycles. The fourth-order valence-corrected chi connectivity index (χ4v) is 2.14. The Morgan fingerprint density at radius 1 is 1.65 bits per heavy atom. The minimum absolute atomic E-state index is 0.233. The lowest BCUT2D eigenvalue weighted by molar-refractivity contribution is -0.150. The van der Waals surface area contributed by atoms with Gasteiger partial charge in [-0.2, -0.15) is 18.3 Å². The van der Waals surface area contributed by atoms with E-state index in [2.05, 4.69) is 21.0 Å². The topological polar surface area (TPSA) is 30.3 Å². The van der Waals surface area contributed by atoms with Gasteiger partial charge in [-0.15, -0.1) is 0 Å². The lowest BCUT2D eigenvalue weighted by atomic mass is 10.2. The number of likely N-dealkylation sites (N-methyl/N-ethyl adjacent to an activating group) is 1. The third-order valence-corrected chi connectivity index (χ3v) is 3.14. The Bertz CT molecular complexity index is 407. The highest BCUT2D eigenvalue weighted by molar-refractivity contribution is 9.10. The molecule has 0 N–H and O–H groups in total. The molecule has 4 nitrogen and oxygen atoms in total. The van der Waals surface area contributed by atoms with E-state index in [0.717, 1.165) is 4.47 Å². The van der Waals surface area contributed by atoms with Crippen LogP contribution in [-0.4, -0.2) is 47.1 Å². The number of fused-ring (bicyclic) bond motifs is 1. The Hall–Kier alpha value is -0.760. The van der Waals surface area contributed by atoms with Crippen LogP contribution >= 0.6 is 15.9 Å². The van der Waals surface area contributed by atoms with Crippen molar-refractivity contribution in [2.24, 2.45) is 0 Å². The second-order valence-electron chi connectivity index (χ2n) is 3.97. The van der Waals surface area contributed by atoms with Gasteiger partial charge < -0.3 is 4.74 Å². The predicted octanol–water partition coefficient (Wildman–Crippen LogP) is 1.90. The molecule has 0 aromatic carbocycles. The van der Waals surface area contributed by atoms with E-state index < -0.39 is 12.7 Å². The van der Waals surface area contributed by atoms with E-state index in [9.17, 15) is 13.2 Å². The first-order valence-corrected chi connectivity index (χ1v) is 5.77. The lowest BCUT2D eigenvalue weighted by Gasteiger charge is -2.32. The second kappa shape index (κ2) is 4.49. The SMILES string of the molecule is CN(CC(F)(F)F)C1COc2c(Br)cnn2C1. The first-order chi connectivity index (χ1) is 7.87. The highest BCUT2D eigenvalue weighted by Crippen LogP contribution is 2.28. The number of aromatic nitrogens is 2. The van der Waals surface area contributed by atoms with Crippen molar-refractivity contribution >= 4 is 15.9 Å². The average molecular weight is 314 g/mol. The van der Waals surface area contributed by atoms with E-state index in [1.807, 2.05) is 0 Å². The molecule has 1 unspecified atom stereocenters. The normalized spacial score (nSPS) is 20.2. The third-order valence-electron chi connectivity index (χ3n) is 2.60. The van der Waals surface area contributed by atoms with Crippen molar-refractivity contribution in [1.82, 2.24) is 14.7 Å². The van der Waals surface area contributed by atoms with E-state index in [1.54, 1.807) is 10.9 Å². The quantitative estimate of drug-likeness (QED) is 0.835. The number of alkyl halides is 3. The number of halogens is 4. The van der Waals surface area contributed by atoms with Crippen LogP contribution in [0.5, 0.6) is 5.88 Å². The van der Waals surface area contributed by atoms with Crippen molar-refractivity contribution in [3.63, 3.8) is 0 Å². The summed E-state index contributed by atoms with van der Waals surface area (Å²) in [4.78, 5) is 1.23. The molecule has 0 spiro atoms. The van der Waals surface area contributed by atoms with E-state index >= 15 is 0 Å². The maximum Gasteiger partial charge on any atom is 0.401 e. The number of hydrogen-bond donors (Lipinski definition) is 0. The van der Waals surface area contributed by atoms with Crippen LogP contribution in [-0.2, 0) is 6.54 Å². The van der Waals surface area contributed by atoms with Crippen LogP contribution in [0.4, 0.5) is 13.2 Å². The van der Waals surface area contributed by atoms with Gasteiger partial charge in [-0.05, 0) is 23.0 Å². The molecule has 0 amide bonds. The van der Waals surface area contributed by atoms with Gasteiger partial charge in [-0.3, -0.25) is 4.90 Å². The summed E-state index contributed by atoms with van der Waals surface area (Å²) in [6.07, 6.45) is -2.62. The van der Waals surface area contributed by atoms with Crippen molar-refractivity contribution in [1.29, 1.82) is 0 Å². The Balaban J connectivity index is 2.02. The molecule has 2 rings (SSSR count). The molecule has 0 fully saturated rings. The standard InChI is InChI=1S/C9H11BrF3N3O/c1-15(5-9(11,12)13)6-3-16-8(17-4-6)7(10)2-14-16/h2,6H,3-5H2,1H3. The van der Waals surface area contributed by atoms with Crippen LogP contribution in [0.25, 0.3) is 0 Å². The number of nitrogens with zero attached hydrogens (tertiary/aromatic N) is 3. The van der Waals surface area contributed by atoms with Gasteiger partial charge in [0.25, 0.3) is 0 Å². The average Bonchev–Trinajstić information content (AvgIpc) is 2.57. The summed E-state index contributed by atoms with van der Waals surface area (Å²) in [6, 6.07) is -0.323. The summed E-state index contributed by atoms with van der Waals surface area (Å²) in [5, 5.41) is 4.02. The highest BCUT2D eigenvalue weighted by atomic mass is 79.9. The zero-order chi connectivity index (χ0) is 12.6. The van der Waals surface area contributed by atoms with Crippen LogP contribution in [0.15, 0.2) is 10.7 Å². The molecule has 8 heteroatoms. The second-order valence-corrected chi connectivity index (χ2v) is 4.83. The van der Waals surface area contributed by atoms with Crippen molar-refractivity contribution in [2.45, 2.75) is 18.8 Å². The van der Waals surface area contributed by atoms with Gasteiger partial charge in [0.2, 0.25) is 5.88 Å². The smallest absolute Gasteiger partial charge is 0.401 e. The highest BCUT2D eigenvalue weighted by Gasteiger charge is 2.34. The fraction of sp³-hybridized carbons (Fsp3) is 0.667. The first-order valence-electron chi connectivity index (χ1n) is 4.98. The zero-order valence-electron chi connectivity index (χ0n) is 9.04. The molecular formula is C9H11BrF3N3O. The van der Waals surface area contributed by atoms with Crippen LogP contribution < -0.4 is 4.74 Å². The van der Waals surface area contributed by atoms with Crippen LogP contribution in [0, 0.1) is 0 Å². The van der Waals surface area contributed by atoms with Crippen molar-refractivity contribution in [3.05, 3.63) is 10.7 Å². The van der Waals surface area contributed by atoms with E-state index in [1.165, 1.54) is 11.9 Å². The molecule has 0 bridgehead atoms. The molecule has 0 aliphatic carbocycles. The van der Waals surface area contributed by atoms with E-state index in [0.29, 0.717) is 12.4 Å². The largest absolute Gasteiger partial charge is 0.475 e. The van der Waals surface area contributed by atoms with E-state index in [-0.39, 0.29) is 12.6 Å². The Morgan fingerprint density at radius 3 is 3.00 bits per heavy atom. The van der Waals surface area contributed by atoms with Gasteiger partial charge in [0.1, 0.15) is 6.61 Å². The first kappa shape index (κ1) is 12.7. The summed E-state index contributed by atoms with van der Waals surface area (Å²) in [5.74, 6) is 0.571. The predicted molar refractivity (Wildman–Crippen MR) is 57.9 cm³/mol. The number of ether oxygens (including phenoxy) is 1. The molecule has 0 saturated carbocycles. The maximum absolute atomic E-state index is 12.2. The number of hydrogen-bond acceptors (Lipinski definition) is 3. The number of rotatable bonds is 2. The Labute approximate surface area is 104 Å². The minimum atomic E-state index is -4.19. The zero-order valence-corrected chi connectivity index (χ0v) is 10.6. The molecule has 1 aromatic rings. The van der Waals surface area contributed by atoms with E-state index in [4.69, 9.17) is 4.74 Å². The van der Waals surface area contributed by atoms with Gasteiger partial charge >= 0.3 is 6.18 Å². The molecular weight excluding hydrogens is 303 g/mol. The van der Waals surface area contributed by atoms with Gasteiger partial charge in [0.05, 0.1) is 29.8 Å². The molecule has 17 heavy (non-hydrogen) atoms. The van der Waals surface area contributed by atoms with Crippen molar-refractivity contribution in [2.75, 3.05) is 20.2 Å². The summed E-state index contributed by atoms with van der Waals surface area (Å²) < 4.78 is 44.4. The van der Waals surface area contributed by atoms with Gasteiger partial charge in [0, 0.05) is 0 Å². The van der Waals surface area contributed by atoms with Crippen molar-refractivity contribution in [3.8, 4) is 5.88 Å². The maximum atomic E-state index is 12.2. The van der Waals surface area contributed by atoms with Crippen molar-refractivity contribution < 1.29 is 17.9 Å². The van der Waals surface area contributed by atoms with Crippen LogP contribution in [0.3, 0.4) is 0 Å². The summed E-state index contributed by atoms with van der Waals surface area (Å²) in [6.45, 7) is -0.316. The molecule has 2 heterocycles. The Morgan fingerprint density at radius 2 is 2.35 bits per heavy atom. The van der Waals surface area contributed by atoms with Gasteiger partial charge in [0.15, 0.2) is 0 Å². The van der Waals surface area contributed by atoms with Gasteiger partial charge in [-0.1, -0.05) is 0 Å². The monoisotopic (exact) mass is 313 g/mol. The summed E-state index contributed by atoms with van der Waals surface area (Å²) in [5.41, 5.74) is 0. The van der Waals surface area contributed by atoms with Crippen LogP contribution in [0.1, 0.15) is 0 Å². The molecule has 0 saturated heterocycles. The minimum Gasteiger partial charge on any atom is -0.475 e. The third kappa shape index (κ3) is 2.92. The Kier molecular flexibility index (Phi) is 3.35. The molecule has 1 atom stereocenters. The van der Waals surface area contributed by atoms with Gasteiger partial charge in [-0.25, -0.2) is 4.68 Å². The molecule has 1 aliphatic heterocycles. The van der Waals surface area contributed by atoms with Crippen LogP contribution in [0.2, 0.25) is 0 Å². The molecule has 1 aliphatic rings. The summed E-state index contributed by atoms with van der Waals surface area (Å²) in [7, 11) is 1.44.